The van der Waals surface area contributed by atoms with Crippen LogP contribution in [-0.4, -0.2) is 22.3 Å². The predicted octanol–water partition coefficient (Wildman–Crippen LogP) is 5.74. The van der Waals surface area contributed by atoms with Crippen LogP contribution in [0.5, 0.6) is 5.75 Å². The fraction of sp³-hybridized carbons (Fsp3) is 0.393. The number of sulfonamides is 1. The number of aromatic nitrogens is 2. The van der Waals surface area contributed by atoms with E-state index in [0.29, 0.717) is 47.2 Å². The van der Waals surface area contributed by atoms with Crippen molar-refractivity contribution in [3.63, 3.8) is 0 Å². The second-order valence-corrected chi connectivity index (χ2v) is 12.4. The Balaban J connectivity index is 1.64. The molecule has 0 saturated heterocycles. The first-order chi connectivity index (χ1) is 18.3. The zero-order valence-electron chi connectivity index (χ0n) is 21.4. The van der Waals surface area contributed by atoms with E-state index in [9.17, 15) is 18.3 Å². The van der Waals surface area contributed by atoms with Gasteiger partial charge in [-0.05, 0) is 43.2 Å². The molecule has 5 rings (SSSR count). The Labute approximate surface area is 226 Å². The van der Waals surface area contributed by atoms with Gasteiger partial charge in [0, 0.05) is 17.5 Å². The molecule has 10 heteroatoms. The minimum Gasteiger partial charge on any atom is -0.507 e. The summed E-state index contributed by atoms with van der Waals surface area (Å²) >= 11 is 0.940. The first-order valence-electron chi connectivity index (χ1n) is 13.0. The third-order valence-electron chi connectivity index (χ3n) is 6.98. The van der Waals surface area contributed by atoms with Gasteiger partial charge in [0.1, 0.15) is 27.4 Å². The lowest BCUT2D eigenvalue weighted by Crippen LogP contribution is -2.33. The SMILES string of the molecule is CC(C)CC(NS(=O)(=O)c1c(-c2ccccc2)ccc2nsnc12)c1c(O)c2c(oc1=O)CCCCCC2. The van der Waals surface area contributed by atoms with Crippen molar-refractivity contribution in [2.45, 2.75) is 69.7 Å². The number of rotatable bonds is 7. The van der Waals surface area contributed by atoms with Crippen LogP contribution in [0.1, 0.15) is 68.9 Å². The number of nitrogens with zero attached hydrogens (tertiary/aromatic N) is 2. The monoisotopic (exact) mass is 553 g/mol. The van der Waals surface area contributed by atoms with Crippen LogP contribution >= 0.6 is 11.7 Å². The van der Waals surface area contributed by atoms with Crippen molar-refractivity contribution in [3.05, 3.63) is 69.8 Å². The third-order valence-corrected chi connectivity index (χ3v) is 9.07. The molecule has 1 aliphatic rings. The van der Waals surface area contributed by atoms with E-state index in [1.165, 1.54) is 0 Å². The molecule has 2 aromatic heterocycles. The lowest BCUT2D eigenvalue weighted by Gasteiger charge is -2.24. The molecule has 2 aromatic carbocycles. The molecule has 200 valence electrons. The number of hydrogen-bond donors (Lipinski definition) is 2. The highest BCUT2D eigenvalue weighted by atomic mass is 32.2. The second-order valence-electron chi connectivity index (χ2n) is 10.2. The van der Waals surface area contributed by atoms with E-state index in [0.717, 1.165) is 37.4 Å². The first-order valence-corrected chi connectivity index (χ1v) is 15.2. The maximum Gasteiger partial charge on any atom is 0.344 e. The zero-order valence-corrected chi connectivity index (χ0v) is 23.1. The minimum absolute atomic E-state index is 0.00108. The summed E-state index contributed by atoms with van der Waals surface area (Å²) in [6.07, 6.45) is 5.28. The van der Waals surface area contributed by atoms with Gasteiger partial charge in [0.25, 0.3) is 0 Å². The second kappa shape index (κ2) is 11.0. The molecule has 0 saturated carbocycles. The van der Waals surface area contributed by atoms with E-state index in [4.69, 9.17) is 4.42 Å². The summed E-state index contributed by atoms with van der Waals surface area (Å²) in [7, 11) is -4.23. The van der Waals surface area contributed by atoms with Crippen LogP contribution in [0.4, 0.5) is 0 Å². The van der Waals surface area contributed by atoms with Gasteiger partial charge in [0.2, 0.25) is 10.0 Å². The van der Waals surface area contributed by atoms with Crippen molar-refractivity contribution in [3.8, 4) is 16.9 Å². The Kier molecular flexibility index (Phi) is 7.65. The lowest BCUT2D eigenvalue weighted by atomic mass is 9.92. The molecule has 8 nitrogen and oxygen atoms in total. The molecule has 0 spiro atoms. The van der Waals surface area contributed by atoms with Crippen LogP contribution in [0.2, 0.25) is 0 Å². The summed E-state index contributed by atoms with van der Waals surface area (Å²) in [5.41, 5.74) is 1.81. The van der Waals surface area contributed by atoms with Crippen LogP contribution in [-0.2, 0) is 22.9 Å². The van der Waals surface area contributed by atoms with Crippen LogP contribution < -0.4 is 10.3 Å². The van der Waals surface area contributed by atoms with Crippen LogP contribution in [0.3, 0.4) is 0 Å². The normalized spacial score (nSPS) is 15.2. The Bertz CT molecular complexity index is 1610. The van der Waals surface area contributed by atoms with Gasteiger partial charge in [-0.1, -0.05) is 63.1 Å². The topological polar surface area (TPSA) is 122 Å². The molecule has 2 heterocycles. The first kappa shape index (κ1) is 26.5. The summed E-state index contributed by atoms with van der Waals surface area (Å²) < 4.78 is 45.3. The molecule has 0 fully saturated rings. The third kappa shape index (κ3) is 5.25. The molecule has 38 heavy (non-hydrogen) atoms. The molecule has 0 aliphatic heterocycles. The van der Waals surface area contributed by atoms with Gasteiger partial charge in [-0.2, -0.15) is 8.75 Å². The minimum atomic E-state index is -4.23. The Morgan fingerprint density at radius 2 is 1.76 bits per heavy atom. The van der Waals surface area contributed by atoms with Crippen LogP contribution in [0.25, 0.3) is 22.2 Å². The predicted molar refractivity (Wildman–Crippen MR) is 148 cm³/mol. The zero-order chi connectivity index (χ0) is 26.9. The summed E-state index contributed by atoms with van der Waals surface area (Å²) in [6.45, 7) is 3.88. The van der Waals surface area contributed by atoms with Crippen LogP contribution in [0, 0.1) is 5.92 Å². The molecule has 0 amide bonds. The quantitative estimate of drug-likeness (QED) is 0.299. The average Bonchev–Trinajstić information content (AvgIpc) is 3.33. The summed E-state index contributed by atoms with van der Waals surface area (Å²) in [4.78, 5) is 13.2. The molecule has 1 unspecified atom stereocenters. The fourth-order valence-electron chi connectivity index (χ4n) is 5.22. The summed E-state index contributed by atoms with van der Waals surface area (Å²) in [5.74, 6) is 0.379. The van der Waals surface area contributed by atoms with Crippen molar-refractivity contribution < 1.29 is 17.9 Å². The van der Waals surface area contributed by atoms with Gasteiger partial charge in [0.15, 0.2) is 0 Å². The largest absolute Gasteiger partial charge is 0.507 e. The van der Waals surface area contributed by atoms with E-state index in [-0.39, 0.29) is 27.6 Å². The van der Waals surface area contributed by atoms with E-state index >= 15 is 0 Å². The summed E-state index contributed by atoms with van der Waals surface area (Å²) in [6, 6.07) is 11.7. The average molecular weight is 554 g/mol. The fourth-order valence-corrected chi connectivity index (χ4v) is 7.40. The maximum atomic E-state index is 14.1. The number of aromatic hydroxyl groups is 1. The van der Waals surface area contributed by atoms with Gasteiger partial charge in [-0.15, -0.1) is 0 Å². The van der Waals surface area contributed by atoms with Gasteiger partial charge in [-0.25, -0.2) is 17.9 Å². The standard InChI is InChI=1S/C28H31N3O5S2/c1-17(2)16-22(24-26(32)20-12-8-3-4-9-13-23(20)36-28(24)33)31-38(34,35)27-19(18-10-6-5-7-11-18)14-15-21-25(27)30-37-29-21/h5-7,10-11,14-15,17,22,31-32H,3-4,8-9,12-13,16H2,1-2H3. The highest BCUT2D eigenvalue weighted by Crippen LogP contribution is 2.37. The smallest absolute Gasteiger partial charge is 0.344 e. The number of aryl methyl sites for hydroxylation is 1. The van der Waals surface area contributed by atoms with Crippen molar-refractivity contribution in [1.29, 1.82) is 0 Å². The number of hydrogen-bond acceptors (Lipinski definition) is 8. The maximum absolute atomic E-state index is 14.1. The molecule has 1 aliphatic carbocycles. The van der Waals surface area contributed by atoms with E-state index in [1.807, 2.05) is 44.2 Å². The van der Waals surface area contributed by atoms with Gasteiger partial charge in [-0.3, -0.25) is 0 Å². The van der Waals surface area contributed by atoms with Crippen molar-refractivity contribution in [1.82, 2.24) is 13.5 Å². The van der Waals surface area contributed by atoms with Gasteiger partial charge in [0.05, 0.1) is 23.3 Å². The molecule has 2 N–H and O–H groups in total. The number of nitrogens with one attached hydrogen (secondary N) is 1. The highest BCUT2D eigenvalue weighted by Gasteiger charge is 2.33. The lowest BCUT2D eigenvalue weighted by molar-refractivity contribution is 0.368. The Hall–Kier alpha value is -3.08. The van der Waals surface area contributed by atoms with Gasteiger partial charge >= 0.3 is 5.63 Å². The highest BCUT2D eigenvalue weighted by molar-refractivity contribution is 7.89. The van der Waals surface area contributed by atoms with Crippen LogP contribution in [0.15, 0.2) is 56.6 Å². The van der Waals surface area contributed by atoms with Crippen molar-refractivity contribution >= 4 is 32.8 Å². The van der Waals surface area contributed by atoms with E-state index in [1.54, 1.807) is 12.1 Å². The molecular formula is C28H31N3O5S2. The van der Waals surface area contributed by atoms with Gasteiger partial charge < -0.3 is 9.52 Å². The van der Waals surface area contributed by atoms with E-state index in [2.05, 4.69) is 13.5 Å². The molecule has 0 radical (unpaired) electrons. The van der Waals surface area contributed by atoms with Crippen molar-refractivity contribution in [2.75, 3.05) is 0 Å². The molecular weight excluding hydrogens is 522 g/mol. The van der Waals surface area contributed by atoms with E-state index < -0.39 is 21.7 Å². The number of fused-ring (bicyclic) bond motifs is 2. The molecule has 0 bridgehead atoms. The molecule has 4 aromatic rings. The molecule has 1 atom stereocenters. The Morgan fingerprint density at radius 3 is 2.50 bits per heavy atom. The Morgan fingerprint density at radius 1 is 1.03 bits per heavy atom. The number of benzene rings is 2. The van der Waals surface area contributed by atoms with Crippen molar-refractivity contribution in [2.24, 2.45) is 5.92 Å². The summed E-state index contributed by atoms with van der Waals surface area (Å²) in [5, 5.41) is 11.3.